The van der Waals surface area contributed by atoms with Crippen molar-refractivity contribution in [3.05, 3.63) is 33.8 Å². The monoisotopic (exact) mass is 323 g/mol. The third-order valence-corrected chi connectivity index (χ3v) is 2.72. The van der Waals surface area contributed by atoms with E-state index in [4.69, 9.17) is 0 Å². The zero-order valence-electron chi connectivity index (χ0n) is 10.2. The van der Waals surface area contributed by atoms with Gasteiger partial charge in [-0.1, -0.05) is 0 Å². The molecule has 0 unspecified atom stereocenters. The molecule has 6 heteroatoms. The van der Waals surface area contributed by atoms with Crippen molar-refractivity contribution in [3.63, 3.8) is 0 Å². The van der Waals surface area contributed by atoms with Crippen LogP contribution in [0.25, 0.3) is 0 Å². The van der Waals surface area contributed by atoms with Crippen LogP contribution in [-0.4, -0.2) is 11.4 Å². The number of carbonyl (C=O) groups excluding carboxylic acids is 1. The van der Waals surface area contributed by atoms with Gasteiger partial charge >= 0.3 is 6.18 Å². The van der Waals surface area contributed by atoms with Gasteiger partial charge in [-0.25, -0.2) is 0 Å². The lowest BCUT2D eigenvalue weighted by molar-refractivity contribution is -0.137. The Kier molecular flexibility index (Phi) is 4.10. The maximum Gasteiger partial charge on any atom is 0.416 e. The first-order chi connectivity index (χ1) is 8.00. The highest BCUT2D eigenvalue weighted by atomic mass is 79.9. The van der Waals surface area contributed by atoms with Gasteiger partial charge in [0.05, 0.1) is 11.1 Å². The normalized spacial score (nSPS) is 12.4. The van der Waals surface area contributed by atoms with Gasteiger partial charge in [0.2, 0.25) is 0 Å². The molecule has 1 aromatic rings. The third kappa shape index (κ3) is 4.01. The first-order valence-electron chi connectivity index (χ1n) is 5.20. The fourth-order valence-electron chi connectivity index (χ4n) is 1.28. The molecular weight excluding hydrogens is 311 g/mol. The molecule has 100 valence electrons. The van der Waals surface area contributed by atoms with Crippen LogP contribution in [-0.2, 0) is 6.18 Å². The summed E-state index contributed by atoms with van der Waals surface area (Å²) in [6, 6.07) is 2.99. The smallest absolute Gasteiger partial charge is 0.347 e. The largest absolute Gasteiger partial charge is 0.416 e. The average molecular weight is 324 g/mol. The maximum absolute atomic E-state index is 12.6. The Bertz CT molecular complexity index is 463. The van der Waals surface area contributed by atoms with Crippen LogP contribution >= 0.6 is 15.9 Å². The molecule has 1 aromatic carbocycles. The van der Waals surface area contributed by atoms with Crippen molar-refractivity contribution >= 4 is 21.8 Å². The minimum absolute atomic E-state index is 0.0280. The lowest BCUT2D eigenvalue weighted by Crippen LogP contribution is -2.40. The van der Waals surface area contributed by atoms with Crippen molar-refractivity contribution in [2.24, 2.45) is 0 Å². The summed E-state index contributed by atoms with van der Waals surface area (Å²) in [5.41, 5.74) is -1.38. The van der Waals surface area contributed by atoms with E-state index in [2.05, 4.69) is 21.2 Å². The molecule has 0 aliphatic carbocycles. The summed E-state index contributed by atoms with van der Waals surface area (Å²) in [5.74, 6) is -0.541. The molecule has 0 aliphatic rings. The van der Waals surface area contributed by atoms with Crippen LogP contribution in [0.4, 0.5) is 13.2 Å². The summed E-state index contributed by atoms with van der Waals surface area (Å²) < 4.78 is 38.0. The van der Waals surface area contributed by atoms with Crippen LogP contribution in [0.15, 0.2) is 22.7 Å². The Morgan fingerprint density at radius 1 is 1.22 bits per heavy atom. The van der Waals surface area contributed by atoms with Crippen LogP contribution in [0.2, 0.25) is 0 Å². The summed E-state index contributed by atoms with van der Waals surface area (Å²) in [6.45, 7) is 5.27. The van der Waals surface area contributed by atoms with Gasteiger partial charge in [-0.05, 0) is 54.9 Å². The predicted octanol–water partition coefficient (Wildman–Crippen LogP) is 4.00. The molecule has 0 radical (unpaired) electrons. The Balaban J connectivity index is 3.13. The van der Waals surface area contributed by atoms with Gasteiger partial charge in [0, 0.05) is 10.0 Å². The van der Waals surface area contributed by atoms with Crippen LogP contribution in [0.1, 0.15) is 36.7 Å². The van der Waals surface area contributed by atoms with E-state index in [0.717, 1.165) is 12.1 Å². The molecule has 0 fully saturated rings. The Morgan fingerprint density at radius 2 is 1.78 bits per heavy atom. The number of halogens is 4. The SMILES string of the molecule is CC(C)(C)NC(=O)c1cc(C(F)(F)F)ccc1Br. The van der Waals surface area contributed by atoms with E-state index in [-0.39, 0.29) is 5.56 Å². The molecule has 2 nitrogen and oxygen atoms in total. The van der Waals surface area contributed by atoms with E-state index in [1.165, 1.54) is 6.07 Å². The molecule has 0 aromatic heterocycles. The molecule has 1 amide bonds. The lowest BCUT2D eigenvalue weighted by atomic mass is 10.1. The van der Waals surface area contributed by atoms with E-state index >= 15 is 0 Å². The third-order valence-electron chi connectivity index (χ3n) is 2.03. The molecule has 0 heterocycles. The number of nitrogens with one attached hydrogen (secondary N) is 1. The molecule has 18 heavy (non-hydrogen) atoms. The number of carbonyl (C=O) groups is 1. The molecule has 0 saturated carbocycles. The molecule has 0 aliphatic heterocycles. The molecule has 0 atom stereocenters. The standard InChI is InChI=1S/C12H13BrF3NO/c1-11(2,3)17-10(18)8-6-7(12(14,15)16)4-5-9(8)13/h4-6H,1-3H3,(H,17,18). The highest BCUT2D eigenvalue weighted by Gasteiger charge is 2.31. The van der Waals surface area contributed by atoms with Crippen molar-refractivity contribution in [2.45, 2.75) is 32.5 Å². The molecule has 0 bridgehead atoms. The molecule has 0 spiro atoms. The molecule has 0 saturated heterocycles. The summed E-state index contributed by atoms with van der Waals surface area (Å²) in [7, 11) is 0. The van der Waals surface area contributed by atoms with E-state index < -0.39 is 23.2 Å². The number of rotatable bonds is 1. The zero-order valence-corrected chi connectivity index (χ0v) is 11.7. The second-order valence-electron chi connectivity index (χ2n) is 4.90. The van der Waals surface area contributed by atoms with E-state index in [1.54, 1.807) is 20.8 Å². The molecular formula is C12H13BrF3NO. The van der Waals surface area contributed by atoms with Crippen LogP contribution in [0.3, 0.4) is 0 Å². The number of hydrogen-bond donors (Lipinski definition) is 1. The summed E-state index contributed by atoms with van der Waals surface area (Å²) >= 11 is 3.08. The summed E-state index contributed by atoms with van der Waals surface area (Å²) in [6.07, 6.45) is -4.46. The van der Waals surface area contributed by atoms with Crippen molar-refractivity contribution in [3.8, 4) is 0 Å². The van der Waals surface area contributed by atoms with Crippen molar-refractivity contribution in [1.82, 2.24) is 5.32 Å². The summed E-state index contributed by atoms with van der Waals surface area (Å²) in [4.78, 5) is 11.9. The first-order valence-corrected chi connectivity index (χ1v) is 5.99. The van der Waals surface area contributed by atoms with E-state index in [0.29, 0.717) is 4.47 Å². The van der Waals surface area contributed by atoms with Crippen LogP contribution < -0.4 is 5.32 Å². The topological polar surface area (TPSA) is 29.1 Å². The second-order valence-corrected chi connectivity index (χ2v) is 5.75. The number of hydrogen-bond acceptors (Lipinski definition) is 1. The maximum atomic E-state index is 12.6. The van der Waals surface area contributed by atoms with Gasteiger partial charge in [-0.15, -0.1) is 0 Å². The fraction of sp³-hybridized carbons (Fsp3) is 0.417. The lowest BCUT2D eigenvalue weighted by Gasteiger charge is -2.21. The van der Waals surface area contributed by atoms with Crippen molar-refractivity contribution in [2.75, 3.05) is 0 Å². The number of benzene rings is 1. The zero-order chi connectivity index (χ0) is 14.1. The number of amides is 1. The van der Waals surface area contributed by atoms with E-state index in [9.17, 15) is 18.0 Å². The van der Waals surface area contributed by atoms with Crippen molar-refractivity contribution < 1.29 is 18.0 Å². The Hall–Kier alpha value is -1.04. The van der Waals surface area contributed by atoms with Gasteiger partial charge in [0.1, 0.15) is 0 Å². The first kappa shape index (κ1) is 15.0. The van der Waals surface area contributed by atoms with Crippen molar-refractivity contribution in [1.29, 1.82) is 0 Å². The Labute approximate surface area is 112 Å². The minimum Gasteiger partial charge on any atom is -0.347 e. The number of alkyl halides is 3. The highest BCUT2D eigenvalue weighted by Crippen LogP contribution is 2.31. The Morgan fingerprint density at radius 3 is 2.22 bits per heavy atom. The van der Waals surface area contributed by atoms with Gasteiger partial charge in [0.25, 0.3) is 5.91 Å². The average Bonchev–Trinajstić information content (AvgIpc) is 2.13. The van der Waals surface area contributed by atoms with Gasteiger partial charge in [-0.3, -0.25) is 4.79 Å². The molecule has 1 rings (SSSR count). The van der Waals surface area contributed by atoms with Gasteiger partial charge < -0.3 is 5.32 Å². The van der Waals surface area contributed by atoms with E-state index in [1.807, 2.05) is 0 Å². The molecule has 1 N–H and O–H groups in total. The highest BCUT2D eigenvalue weighted by molar-refractivity contribution is 9.10. The van der Waals surface area contributed by atoms with Gasteiger partial charge in [-0.2, -0.15) is 13.2 Å². The second kappa shape index (κ2) is 4.91. The minimum atomic E-state index is -4.46. The van der Waals surface area contributed by atoms with Gasteiger partial charge in [0.15, 0.2) is 0 Å². The quantitative estimate of drug-likeness (QED) is 0.831. The van der Waals surface area contributed by atoms with Crippen LogP contribution in [0.5, 0.6) is 0 Å². The summed E-state index contributed by atoms with van der Waals surface area (Å²) in [5, 5.41) is 2.62. The fourth-order valence-corrected chi connectivity index (χ4v) is 1.71. The van der Waals surface area contributed by atoms with Crippen LogP contribution in [0, 0.1) is 0 Å². The predicted molar refractivity (Wildman–Crippen MR) is 66.4 cm³/mol.